The van der Waals surface area contributed by atoms with Gasteiger partial charge in [-0.3, -0.25) is 4.79 Å². The molecule has 150 valence electrons. The molecular formula is C17H33IN6O2. The average molecular weight is 480 g/mol. The molecule has 0 radical (unpaired) electrons. The average Bonchev–Trinajstić information content (AvgIpc) is 2.97. The minimum Gasteiger partial charge on any atom is -0.468 e. The topological polar surface area (TPSA) is 93.4 Å². The van der Waals surface area contributed by atoms with Crippen LogP contribution in [-0.4, -0.2) is 46.6 Å². The normalized spacial score (nSPS) is 12.9. The summed E-state index contributed by atoms with van der Waals surface area (Å²) in [5.74, 6) is 0.397. The molecule has 0 saturated heterocycles. The number of hydrogen-bond donors (Lipinski definition) is 2. The van der Waals surface area contributed by atoms with E-state index in [4.69, 9.17) is 0 Å². The highest BCUT2D eigenvalue weighted by Gasteiger charge is 2.13. The van der Waals surface area contributed by atoms with Gasteiger partial charge in [-0.1, -0.05) is 26.0 Å². The standard InChI is InChI=1S/C17H32N6O2.HI/c1-7-18-16(20-13(2)8-9-17(3,4)5)19-10-14-11-23(22-21-14)12-15(24)25-6;/h11,13H,7-10,12H2,1-6H3,(H2,18,19,20);1H. The highest BCUT2D eigenvalue weighted by Crippen LogP contribution is 2.21. The molecule has 1 unspecified atom stereocenters. The third kappa shape index (κ3) is 10.6. The number of rotatable bonds is 8. The molecule has 1 atom stereocenters. The van der Waals surface area contributed by atoms with Gasteiger partial charge in [0, 0.05) is 12.6 Å². The van der Waals surface area contributed by atoms with Crippen LogP contribution in [0.3, 0.4) is 0 Å². The first kappa shape index (κ1) is 24.6. The van der Waals surface area contributed by atoms with Crippen molar-refractivity contribution in [2.45, 2.75) is 66.6 Å². The van der Waals surface area contributed by atoms with Crippen molar-refractivity contribution in [1.82, 2.24) is 25.6 Å². The lowest BCUT2D eigenvalue weighted by molar-refractivity contribution is -0.141. The molecule has 1 aromatic heterocycles. The predicted molar refractivity (Wildman–Crippen MR) is 114 cm³/mol. The van der Waals surface area contributed by atoms with E-state index in [1.54, 1.807) is 6.20 Å². The van der Waals surface area contributed by atoms with Gasteiger partial charge in [0.2, 0.25) is 0 Å². The number of carbonyl (C=O) groups is 1. The maximum Gasteiger partial charge on any atom is 0.327 e. The number of hydrogen-bond acceptors (Lipinski definition) is 5. The lowest BCUT2D eigenvalue weighted by atomic mass is 9.89. The SMILES string of the molecule is CCNC(=NCc1cn(CC(=O)OC)nn1)NC(C)CCC(C)(C)C.I. The Morgan fingerprint density at radius 3 is 2.69 bits per heavy atom. The molecule has 0 bridgehead atoms. The third-order valence-corrected chi connectivity index (χ3v) is 3.56. The second-order valence-corrected chi connectivity index (χ2v) is 7.32. The van der Waals surface area contributed by atoms with Crippen molar-refractivity contribution in [1.29, 1.82) is 0 Å². The number of ether oxygens (including phenoxy) is 1. The van der Waals surface area contributed by atoms with E-state index in [9.17, 15) is 4.79 Å². The zero-order valence-electron chi connectivity index (χ0n) is 16.7. The van der Waals surface area contributed by atoms with Crippen molar-refractivity contribution in [3.05, 3.63) is 11.9 Å². The van der Waals surface area contributed by atoms with E-state index in [1.807, 2.05) is 6.92 Å². The van der Waals surface area contributed by atoms with Gasteiger partial charge in [-0.05, 0) is 32.1 Å². The third-order valence-electron chi connectivity index (χ3n) is 3.56. The Morgan fingerprint density at radius 2 is 2.12 bits per heavy atom. The number of aromatic nitrogens is 3. The van der Waals surface area contributed by atoms with Crippen LogP contribution in [0.4, 0.5) is 0 Å². The molecule has 0 spiro atoms. The Morgan fingerprint density at radius 1 is 1.42 bits per heavy atom. The number of carbonyl (C=O) groups excluding carboxylic acids is 1. The highest BCUT2D eigenvalue weighted by atomic mass is 127. The van der Waals surface area contributed by atoms with Crippen molar-refractivity contribution >= 4 is 35.9 Å². The number of aliphatic imine (C=N–C) groups is 1. The minimum atomic E-state index is -0.359. The molecule has 1 rings (SSSR count). The first-order valence-electron chi connectivity index (χ1n) is 8.74. The Kier molecular flexibility index (Phi) is 11.4. The van der Waals surface area contributed by atoms with Crippen molar-refractivity contribution in [2.75, 3.05) is 13.7 Å². The largest absolute Gasteiger partial charge is 0.468 e. The fraction of sp³-hybridized carbons (Fsp3) is 0.765. The molecule has 1 aromatic rings. The molecule has 0 aliphatic carbocycles. The molecule has 0 fully saturated rings. The summed E-state index contributed by atoms with van der Waals surface area (Å²) < 4.78 is 6.06. The first-order chi connectivity index (χ1) is 11.7. The van der Waals surface area contributed by atoms with Crippen molar-refractivity contribution in [3.8, 4) is 0 Å². The monoisotopic (exact) mass is 480 g/mol. The van der Waals surface area contributed by atoms with Crippen molar-refractivity contribution in [3.63, 3.8) is 0 Å². The maximum atomic E-state index is 11.2. The fourth-order valence-corrected chi connectivity index (χ4v) is 2.12. The van der Waals surface area contributed by atoms with E-state index in [1.165, 1.54) is 11.8 Å². The van der Waals surface area contributed by atoms with Crippen LogP contribution >= 0.6 is 24.0 Å². The summed E-state index contributed by atoms with van der Waals surface area (Å²) in [4.78, 5) is 15.8. The van der Waals surface area contributed by atoms with E-state index >= 15 is 0 Å². The van der Waals surface area contributed by atoms with Gasteiger partial charge in [0.05, 0.1) is 19.9 Å². The maximum absolute atomic E-state index is 11.2. The van der Waals surface area contributed by atoms with Crippen LogP contribution in [-0.2, 0) is 22.6 Å². The van der Waals surface area contributed by atoms with Gasteiger partial charge in [0.15, 0.2) is 5.96 Å². The highest BCUT2D eigenvalue weighted by molar-refractivity contribution is 14.0. The number of nitrogens with one attached hydrogen (secondary N) is 2. The fourth-order valence-electron chi connectivity index (χ4n) is 2.12. The van der Waals surface area contributed by atoms with E-state index in [0.717, 1.165) is 25.3 Å². The number of esters is 1. The van der Waals surface area contributed by atoms with Crippen LogP contribution in [0.5, 0.6) is 0 Å². The molecule has 2 N–H and O–H groups in total. The molecule has 8 nitrogen and oxygen atoms in total. The second kappa shape index (κ2) is 12.1. The van der Waals surface area contributed by atoms with Crippen LogP contribution in [0.25, 0.3) is 0 Å². The van der Waals surface area contributed by atoms with Gasteiger partial charge in [-0.25, -0.2) is 9.67 Å². The Bertz CT molecular complexity index is 568. The van der Waals surface area contributed by atoms with Gasteiger partial charge in [-0.15, -0.1) is 29.1 Å². The summed E-state index contributed by atoms with van der Waals surface area (Å²) in [6, 6.07) is 0.326. The molecule has 0 aliphatic rings. The smallest absolute Gasteiger partial charge is 0.327 e. The summed E-state index contributed by atoms with van der Waals surface area (Å²) in [6.07, 6.45) is 3.92. The Balaban J connectivity index is 0.00000625. The van der Waals surface area contributed by atoms with Gasteiger partial charge in [-0.2, -0.15) is 0 Å². The van der Waals surface area contributed by atoms with Crippen molar-refractivity contribution < 1.29 is 9.53 Å². The number of methoxy groups -OCH3 is 1. The number of guanidine groups is 1. The molecule has 0 saturated carbocycles. The van der Waals surface area contributed by atoms with Crippen LogP contribution in [0.1, 0.15) is 53.2 Å². The van der Waals surface area contributed by atoms with Crippen LogP contribution in [0.2, 0.25) is 0 Å². The zero-order chi connectivity index (χ0) is 18.9. The Labute approximate surface area is 173 Å². The van der Waals surface area contributed by atoms with Gasteiger partial charge in [0.1, 0.15) is 12.2 Å². The first-order valence-corrected chi connectivity index (χ1v) is 8.74. The summed E-state index contributed by atoms with van der Waals surface area (Å²) >= 11 is 0. The lowest BCUT2D eigenvalue weighted by Gasteiger charge is -2.23. The van der Waals surface area contributed by atoms with Crippen LogP contribution < -0.4 is 10.6 Å². The molecule has 0 amide bonds. The predicted octanol–water partition coefficient (Wildman–Crippen LogP) is 2.34. The number of halogens is 1. The van der Waals surface area contributed by atoms with E-state index in [0.29, 0.717) is 23.7 Å². The van der Waals surface area contributed by atoms with Gasteiger partial charge < -0.3 is 15.4 Å². The number of nitrogens with zero attached hydrogens (tertiary/aromatic N) is 4. The van der Waals surface area contributed by atoms with Crippen LogP contribution in [0, 0.1) is 5.41 Å². The quantitative estimate of drug-likeness (QED) is 0.257. The second-order valence-electron chi connectivity index (χ2n) is 7.32. The Hall–Kier alpha value is -1.39. The van der Waals surface area contributed by atoms with E-state index in [-0.39, 0.29) is 36.5 Å². The lowest BCUT2D eigenvalue weighted by Crippen LogP contribution is -2.42. The molecule has 0 aliphatic heterocycles. The van der Waals surface area contributed by atoms with Gasteiger partial charge in [0.25, 0.3) is 0 Å². The minimum absolute atomic E-state index is 0. The molecule has 0 aromatic carbocycles. The zero-order valence-corrected chi connectivity index (χ0v) is 19.0. The summed E-state index contributed by atoms with van der Waals surface area (Å²) in [6.45, 7) is 12.2. The van der Waals surface area contributed by atoms with Crippen molar-refractivity contribution in [2.24, 2.45) is 10.4 Å². The van der Waals surface area contributed by atoms with Gasteiger partial charge >= 0.3 is 5.97 Å². The summed E-state index contributed by atoms with van der Waals surface area (Å²) in [5.41, 5.74) is 1.02. The molecular weight excluding hydrogens is 447 g/mol. The van der Waals surface area contributed by atoms with E-state index in [2.05, 4.69) is 58.4 Å². The molecule has 1 heterocycles. The van der Waals surface area contributed by atoms with E-state index < -0.39 is 0 Å². The molecule has 26 heavy (non-hydrogen) atoms. The van der Waals surface area contributed by atoms with Crippen LogP contribution in [0.15, 0.2) is 11.2 Å². The molecule has 9 heteroatoms. The summed E-state index contributed by atoms with van der Waals surface area (Å²) in [5, 5.41) is 14.6. The summed E-state index contributed by atoms with van der Waals surface area (Å²) in [7, 11) is 1.35.